The lowest BCUT2D eigenvalue weighted by molar-refractivity contribution is 0.403. The summed E-state index contributed by atoms with van der Waals surface area (Å²) in [5.74, 6) is 1.53. The fourth-order valence-corrected chi connectivity index (χ4v) is 4.15. The molecule has 0 aromatic carbocycles. The monoisotopic (exact) mass is 415 g/mol. The number of anilines is 2. The van der Waals surface area contributed by atoms with Gasteiger partial charge >= 0.3 is 0 Å². The van der Waals surface area contributed by atoms with E-state index in [1.54, 1.807) is 12.5 Å². The minimum absolute atomic E-state index is 0.405. The first kappa shape index (κ1) is 19.4. The maximum atomic E-state index is 4.79. The van der Waals surface area contributed by atoms with Gasteiger partial charge in [-0.15, -0.1) is 0 Å². The number of hydrogen-bond donors (Lipinski definition) is 3. The van der Waals surface area contributed by atoms with Gasteiger partial charge in [0, 0.05) is 61.1 Å². The molecule has 0 aliphatic carbocycles. The summed E-state index contributed by atoms with van der Waals surface area (Å²) in [6.07, 6.45) is 8.93. The maximum absolute atomic E-state index is 4.79. The van der Waals surface area contributed by atoms with Crippen molar-refractivity contribution in [1.29, 1.82) is 0 Å². The molecule has 4 aromatic rings. The molecular weight excluding hydrogens is 390 g/mol. The van der Waals surface area contributed by atoms with Crippen molar-refractivity contribution < 1.29 is 0 Å². The molecule has 0 unspecified atom stereocenters. The van der Waals surface area contributed by atoms with E-state index in [4.69, 9.17) is 4.98 Å². The van der Waals surface area contributed by atoms with Crippen molar-refractivity contribution in [1.82, 2.24) is 35.2 Å². The molecule has 2 atom stereocenters. The van der Waals surface area contributed by atoms with E-state index in [2.05, 4.69) is 54.3 Å². The molecule has 158 valence electrons. The van der Waals surface area contributed by atoms with Crippen LogP contribution < -0.4 is 15.5 Å². The van der Waals surface area contributed by atoms with Gasteiger partial charge in [0.15, 0.2) is 0 Å². The number of piperazine rings is 1. The van der Waals surface area contributed by atoms with Gasteiger partial charge in [-0.05, 0) is 26.0 Å². The zero-order valence-corrected chi connectivity index (χ0v) is 17.6. The van der Waals surface area contributed by atoms with Crippen LogP contribution in [0, 0.1) is 0 Å². The van der Waals surface area contributed by atoms with Gasteiger partial charge in [-0.25, -0.2) is 19.9 Å². The van der Waals surface area contributed by atoms with Crippen molar-refractivity contribution in [3.8, 4) is 11.1 Å². The second-order valence-corrected chi connectivity index (χ2v) is 7.97. The van der Waals surface area contributed by atoms with E-state index in [1.807, 2.05) is 36.8 Å². The van der Waals surface area contributed by atoms with Crippen LogP contribution in [0.3, 0.4) is 0 Å². The lowest BCUT2D eigenvalue weighted by atomic mass is 10.1. The Morgan fingerprint density at radius 3 is 2.77 bits per heavy atom. The molecule has 1 aliphatic rings. The third-order valence-corrected chi connectivity index (χ3v) is 5.42. The molecule has 4 aromatic heterocycles. The van der Waals surface area contributed by atoms with Crippen LogP contribution in [-0.2, 0) is 6.54 Å². The van der Waals surface area contributed by atoms with Crippen LogP contribution in [0.2, 0.25) is 0 Å². The van der Waals surface area contributed by atoms with E-state index < -0.39 is 0 Å². The molecule has 9 heteroatoms. The summed E-state index contributed by atoms with van der Waals surface area (Å²) in [4.78, 5) is 27.9. The van der Waals surface area contributed by atoms with Gasteiger partial charge in [0.05, 0.1) is 17.6 Å². The van der Waals surface area contributed by atoms with Crippen LogP contribution in [0.5, 0.6) is 0 Å². The van der Waals surface area contributed by atoms with Crippen LogP contribution in [0.15, 0.2) is 49.3 Å². The first-order valence-electron chi connectivity index (χ1n) is 10.5. The van der Waals surface area contributed by atoms with E-state index in [9.17, 15) is 0 Å². The van der Waals surface area contributed by atoms with E-state index in [1.165, 1.54) is 0 Å². The average Bonchev–Trinajstić information content (AvgIpc) is 3.23. The van der Waals surface area contributed by atoms with Crippen molar-refractivity contribution in [2.24, 2.45) is 0 Å². The van der Waals surface area contributed by atoms with Gasteiger partial charge < -0.3 is 20.5 Å². The first-order valence-corrected chi connectivity index (χ1v) is 10.5. The van der Waals surface area contributed by atoms with E-state index in [0.29, 0.717) is 18.6 Å². The summed E-state index contributed by atoms with van der Waals surface area (Å²) in [5.41, 5.74) is 3.72. The topological polar surface area (TPSA) is 108 Å². The predicted molar refractivity (Wildman–Crippen MR) is 121 cm³/mol. The fraction of sp³-hybridized carbons (Fsp3) is 0.318. The van der Waals surface area contributed by atoms with Gasteiger partial charge in [0.25, 0.3) is 0 Å². The molecule has 0 amide bonds. The minimum Gasteiger partial charge on any atom is -0.364 e. The molecule has 0 saturated carbocycles. The summed E-state index contributed by atoms with van der Waals surface area (Å²) >= 11 is 0. The number of fused-ring (bicyclic) bond motifs is 1. The van der Waals surface area contributed by atoms with Crippen molar-refractivity contribution in [2.75, 3.05) is 23.3 Å². The van der Waals surface area contributed by atoms with E-state index in [-0.39, 0.29) is 0 Å². The lowest BCUT2D eigenvalue weighted by Crippen LogP contribution is -2.54. The Morgan fingerprint density at radius 2 is 1.97 bits per heavy atom. The highest BCUT2D eigenvalue weighted by molar-refractivity contribution is 6.00. The smallest absolute Gasteiger partial charge is 0.225 e. The molecular formula is C22H25N9. The summed E-state index contributed by atoms with van der Waals surface area (Å²) in [6.45, 7) is 6.70. The molecule has 1 saturated heterocycles. The number of aromatic amines is 1. The maximum Gasteiger partial charge on any atom is 0.225 e. The van der Waals surface area contributed by atoms with E-state index >= 15 is 0 Å². The number of H-pyrrole nitrogens is 1. The van der Waals surface area contributed by atoms with Crippen molar-refractivity contribution >= 4 is 22.8 Å². The Balaban J connectivity index is 1.39. The first-order chi connectivity index (χ1) is 15.2. The number of nitrogens with zero attached hydrogens (tertiary/aromatic N) is 6. The Morgan fingerprint density at radius 1 is 1.10 bits per heavy atom. The Labute approximate surface area is 180 Å². The Bertz CT molecular complexity index is 1160. The van der Waals surface area contributed by atoms with Crippen LogP contribution in [0.1, 0.15) is 19.5 Å². The lowest BCUT2D eigenvalue weighted by Gasteiger charge is -2.36. The number of hydrogen-bond acceptors (Lipinski definition) is 8. The number of aromatic nitrogens is 6. The molecule has 0 spiro atoms. The predicted octanol–water partition coefficient (Wildman–Crippen LogP) is 2.61. The molecule has 0 radical (unpaired) electrons. The van der Waals surface area contributed by atoms with Gasteiger partial charge in [-0.1, -0.05) is 6.07 Å². The van der Waals surface area contributed by atoms with E-state index in [0.717, 1.165) is 52.7 Å². The number of rotatable bonds is 5. The SMILES string of the molecule is C[C@@H]1CN(c2nccc(CNc3ncnc4[nH]cc(-c5cccnc5)c34)n2)C[C@H](C)N1. The third-order valence-electron chi connectivity index (χ3n) is 5.42. The average molecular weight is 416 g/mol. The van der Waals surface area contributed by atoms with Gasteiger partial charge in [-0.3, -0.25) is 4.98 Å². The normalized spacial score (nSPS) is 19.0. The van der Waals surface area contributed by atoms with Crippen molar-refractivity contribution in [3.63, 3.8) is 0 Å². The largest absolute Gasteiger partial charge is 0.364 e. The molecule has 5 heterocycles. The number of pyridine rings is 1. The summed E-state index contributed by atoms with van der Waals surface area (Å²) in [6, 6.07) is 6.69. The highest BCUT2D eigenvalue weighted by Crippen LogP contribution is 2.31. The number of nitrogens with one attached hydrogen (secondary N) is 3. The Hall–Kier alpha value is -3.59. The third kappa shape index (κ3) is 4.04. The highest BCUT2D eigenvalue weighted by atomic mass is 15.3. The van der Waals surface area contributed by atoms with Crippen LogP contribution in [-0.4, -0.2) is 55.1 Å². The summed E-state index contributed by atoms with van der Waals surface area (Å²) in [7, 11) is 0. The Kier molecular flexibility index (Phi) is 5.17. The molecule has 31 heavy (non-hydrogen) atoms. The standard InChI is InChI=1S/C22H25N9/c1-14-11-31(12-15(2)29-14)22-24-7-5-17(30-22)9-25-20-19-18(16-4-3-6-23-8-16)10-26-21(19)28-13-27-20/h3-8,10,13-15,29H,9,11-12H2,1-2H3,(H2,25,26,27,28)/t14-,15+. The van der Waals surface area contributed by atoms with Crippen LogP contribution in [0.25, 0.3) is 22.2 Å². The molecule has 5 rings (SSSR count). The summed E-state index contributed by atoms with van der Waals surface area (Å²) in [5, 5.41) is 7.92. The van der Waals surface area contributed by atoms with Gasteiger partial charge in [-0.2, -0.15) is 0 Å². The minimum atomic E-state index is 0.405. The highest BCUT2D eigenvalue weighted by Gasteiger charge is 2.23. The molecule has 3 N–H and O–H groups in total. The van der Waals surface area contributed by atoms with Crippen molar-refractivity contribution in [2.45, 2.75) is 32.5 Å². The second kappa shape index (κ2) is 8.27. The van der Waals surface area contributed by atoms with Gasteiger partial charge in [0.2, 0.25) is 5.95 Å². The van der Waals surface area contributed by atoms with Crippen LogP contribution in [0.4, 0.5) is 11.8 Å². The summed E-state index contributed by atoms with van der Waals surface area (Å²) < 4.78 is 0. The van der Waals surface area contributed by atoms with Crippen LogP contribution >= 0.6 is 0 Å². The van der Waals surface area contributed by atoms with Gasteiger partial charge in [0.1, 0.15) is 17.8 Å². The fourth-order valence-electron chi connectivity index (χ4n) is 4.15. The molecule has 9 nitrogen and oxygen atoms in total. The molecule has 0 bridgehead atoms. The quantitative estimate of drug-likeness (QED) is 0.457. The zero-order valence-electron chi connectivity index (χ0n) is 17.6. The van der Waals surface area contributed by atoms with Crippen molar-refractivity contribution in [3.05, 3.63) is 55.0 Å². The second-order valence-electron chi connectivity index (χ2n) is 7.97. The zero-order chi connectivity index (χ0) is 21.2. The molecule has 1 aliphatic heterocycles. The molecule has 1 fully saturated rings.